The van der Waals surface area contributed by atoms with Crippen LogP contribution in [0.3, 0.4) is 0 Å². The van der Waals surface area contributed by atoms with Gasteiger partial charge in [-0.05, 0) is 46.5 Å². The highest BCUT2D eigenvalue weighted by Gasteiger charge is 2.58. The molecule has 2 aromatic rings. The molecule has 1 amide bonds. The zero-order chi connectivity index (χ0) is 20.6. The minimum absolute atomic E-state index is 0.204. The van der Waals surface area contributed by atoms with Crippen molar-refractivity contribution in [3.63, 3.8) is 0 Å². The second kappa shape index (κ2) is 7.89. The molecule has 8 heteroatoms. The Morgan fingerprint density at radius 2 is 2.14 bits per heavy atom. The molecule has 8 nitrogen and oxygen atoms in total. The Morgan fingerprint density at radius 3 is 2.79 bits per heavy atom. The molecule has 3 atom stereocenters. The standard InChI is InChI=1S/C21H33N7O/c1-5-21(20(29)22-9-11-26-12-10-23-25-26)13-17-7-8-19(21)27(17)14-18-15(3)24-28(6-2)16(18)4/h10,12,17,19H,5-9,11,13-14H2,1-4H3,(H,22,29)/t17-,19+,21+/m0/s1. The molecule has 0 spiro atoms. The molecule has 2 saturated heterocycles. The molecule has 1 N–H and O–H groups in total. The molecule has 0 radical (unpaired) electrons. The fourth-order valence-corrected chi connectivity index (χ4v) is 5.60. The van der Waals surface area contributed by atoms with E-state index in [1.807, 2.05) is 6.20 Å². The van der Waals surface area contributed by atoms with Gasteiger partial charge in [-0.25, -0.2) is 0 Å². The summed E-state index contributed by atoms with van der Waals surface area (Å²) >= 11 is 0. The van der Waals surface area contributed by atoms with E-state index in [2.05, 4.69) is 52.9 Å². The van der Waals surface area contributed by atoms with Crippen molar-refractivity contribution in [1.82, 2.24) is 35.0 Å². The quantitative estimate of drug-likeness (QED) is 0.735. The number of fused-ring (bicyclic) bond motifs is 2. The Bertz CT molecular complexity index is 859. The first-order valence-electron chi connectivity index (χ1n) is 10.9. The smallest absolute Gasteiger partial charge is 0.227 e. The van der Waals surface area contributed by atoms with Crippen molar-refractivity contribution in [2.45, 2.75) is 85.1 Å². The number of hydrogen-bond donors (Lipinski definition) is 1. The van der Waals surface area contributed by atoms with Crippen LogP contribution in [0.2, 0.25) is 0 Å². The number of carbonyl (C=O) groups excluding carboxylic acids is 1. The summed E-state index contributed by atoms with van der Waals surface area (Å²) in [5.74, 6) is 0.204. The van der Waals surface area contributed by atoms with Gasteiger partial charge in [0.2, 0.25) is 5.91 Å². The molecule has 0 unspecified atom stereocenters. The molecule has 2 fully saturated rings. The summed E-state index contributed by atoms with van der Waals surface area (Å²) in [6, 6.07) is 0.803. The predicted molar refractivity (Wildman–Crippen MR) is 110 cm³/mol. The van der Waals surface area contributed by atoms with Gasteiger partial charge in [0.05, 0.1) is 23.9 Å². The van der Waals surface area contributed by atoms with E-state index in [1.165, 1.54) is 17.7 Å². The molecule has 2 aliphatic heterocycles. The second-order valence-electron chi connectivity index (χ2n) is 8.52. The van der Waals surface area contributed by atoms with E-state index < -0.39 is 0 Å². The average Bonchev–Trinajstić information content (AvgIpc) is 3.49. The average molecular weight is 400 g/mol. The van der Waals surface area contributed by atoms with E-state index in [1.54, 1.807) is 10.9 Å². The van der Waals surface area contributed by atoms with Crippen molar-refractivity contribution in [3.05, 3.63) is 29.3 Å². The van der Waals surface area contributed by atoms with Crippen LogP contribution in [0.25, 0.3) is 0 Å². The van der Waals surface area contributed by atoms with Crippen LogP contribution in [0, 0.1) is 19.3 Å². The van der Waals surface area contributed by atoms with Crippen LogP contribution in [-0.2, 0) is 24.4 Å². The van der Waals surface area contributed by atoms with Crippen LogP contribution in [0.4, 0.5) is 0 Å². The first-order chi connectivity index (χ1) is 14.0. The molecular weight excluding hydrogens is 366 g/mol. The molecule has 0 saturated carbocycles. The third-order valence-electron chi connectivity index (χ3n) is 7.23. The van der Waals surface area contributed by atoms with Crippen LogP contribution >= 0.6 is 0 Å². The van der Waals surface area contributed by atoms with Crippen molar-refractivity contribution < 1.29 is 4.79 Å². The van der Waals surface area contributed by atoms with Gasteiger partial charge in [0, 0.05) is 49.2 Å². The number of aromatic nitrogens is 5. The van der Waals surface area contributed by atoms with E-state index in [0.717, 1.165) is 38.0 Å². The van der Waals surface area contributed by atoms with Crippen LogP contribution < -0.4 is 5.32 Å². The molecule has 0 aliphatic carbocycles. The normalized spacial score (nSPS) is 26.3. The number of carbonyl (C=O) groups is 1. The molecule has 2 aromatic heterocycles. The molecule has 4 heterocycles. The monoisotopic (exact) mass is 399 g/mol. The van der Waals surface area contributed by atoms with E-state index in [0.29, 0.717) is 25.2 Å². The summed E-state index contributed by atoms with van der Waals surface area (Å²) < 4.78 is 3.84. The Balaban J connectivity index is 1.47. The number of hydrogen-bond acceptors (Lipinski definition) is 5. The minimum atomic E-state index is -0.284. The van der Waals surface area contributed by atoms with E-state index in [9.17, 15) is 4.79 Å². The summed E-state index contributed by atoms with van der Waals surface area (Å²) in [6.45, 7) is 11.6. The SMILES string of the molecule is CCn1nc(C)c(CN2[C@H]3CC[C@@H]2[C@](CC)(C(=O)NCCn2ccnn2)C3)c1C. The first kappa shape index (κ1) is 20.1. The molecule has 2 bridgehead atoms. The summed E-state index contributed by atoms with van der Waals surface area (Å²) in [7, 11) is 0. The van der Waals surface area contributed by atoms with Gasteiger partial charge in [-0.2, -0.15) is 5.10 Å². The Morgan fingerprint density at radius 1 is 1.31 bits per heavy atom. The summed E-state index contributed by atoms with van der Waals surface area (Å²) in [5.41, 5.74) is 3.43. The molecule has 4 rings (SSSR count). The van der Waals surface area contributed by atoms with E-state index in [4.69, 9.17) is 5.10 Å². The highest BCUT2D eigenvalue weighted by molar-refractivity contribution is 5.84. The molecule has 29 heavy (non-hydrogen) atoms. The molecular formula is C21H33N7O. The topological polar surface area (TPSA) is 80.9 Å². The van der Waals surface area contributed by atoms with Crippen molar-refractivity contribution >= 4 is 5.91 Å². The highest BCUT2D eigenvalue weighted by atomic mass is 16.2. The molecule has 2 aliphatic rings. The van der Waals surface area contributed by atoms with Gasteiger partial charge in [0.15, 0.2) is 0 Å². The maximum Gasteiger partial charge on any atom is 0.227 e. The maximum absolute atomic E-state index is 13.3. The number of aryl methyl sites for hydroxylation is 2. The molecule has 158 valence electrons. The third kappa shape index (κ3) is 3.37. The van der Waals surface area contributed by atoms with Crippen molar-refractivity contribution in [2.75, 3.05) is 6.54 Å². The van der Waals surface area contributed by atoms with Gasteiger partial charge in [0.25, 0.3) is 0 Å². The van der Waals surface area contributed by atoms with Crippen molar-refractivity contribution in [1.29, 1.82) is 0 Å². The Labute approximate surface area is 172 Å². The fourth-order valence-electron chi connectivity index (χ4n) is 5.60. The highest BCUT2D eigenvalue weighted by Crippen LogP contribution is 2.52. The third-order valence-corrected chi connectivity index (χ3v) is 7.23. The van der Waals surface area contributed by atoms with Crippen molar-refractivity contribution in [2.24, 2.45) is 5.41 Å². The van der Waals surface area contributed by atoms with Gasteiger partial charge in [-0.3, -0.25) is 19.1 Å². The van der Waals surface area contributed by atoms with Crippen LogP contribution in [-0.4, -0.2) is 54.2 Å². The largest absolute Gasteiger partial charge is 0.354 e. The van der Waals surface area contributed by atoms with Crippen LogP contribution in [0.1, 0.15) is 56.5 Å². The predicted octanol–water partition coefficient (Wildman–Crippen LogP) is 2.06. The first-order valence-corrected chi connectivity index (χ1v) is 10.9. The van der Waals surface area contributed by atoms with Gasteiger partial charge < -0.3 is 5.32 Å². The Kier molecular flexibility index (Phi) is 5.46. The lowest BCUT2D eigenvalue weighted by molar-refractivity contribution is -0.133. The van der Waals surface area contributed by atoms with Crippen LogP contribution in [0.15, 0.2) is 12.4 Å². The minimum Gasteiger partial charge on any atom is -0.354 e. The summed E-state index contributed by atoms with van der Waals surface area (Å²) in [6.07, 6.45) is 7.62. The zero-order valence-corrected chi connectivity index (χ0v) is 18.1. The van der Waals surface area contributed by atoms with Gasteiger partial charge in [-0.15, -0.1) is 5.10 Å². The number of nitrogens with zero attached hydrogens (tertiary/aromatic N) is 6. The fraction of sp³-hybridized carbons (Fsp3) is 0.714. The maximum atomic E-state index is 13.3. The van der Waals surface area contributed by atoms with Gasteiger partial charge in [-0.1, -0.05) is 12.1 Å². The Hall–Kier alpha value is -2.22. The van der Waals surface area contributed by atoms with Gasteiger partial charge >= 0.3 is 0 Å². The number of amides is 1. The zero-order valence-electron chi connectivity index (χ0n) is 18.1. The number of nitrogens with one attached hydrogen (secondary N) is 1. The lowest BCUT2D eigenvalue weighted by Gasteiger charge is -2.35. The number of rotatable bonds is 8. The van der Waals surface area contributed by atoms with Crippen molar-refractivity contribution in [3.8, 4) is 0 Å². The van der Waals surface area contributed by atoms with Crippen LogP contribution in [0.5, 0.6) is 0 Å². The van der Waals surface area contributed by atoms with E-state index >= 15 is 0 Å². The molecule has 0 aromatic carbocycles. The lowest BCUT2D eigenvalue weighted by Crippen LogP contribution is -2.49. The summed E-state index contributed by atoms with van der Waals surface area (Å²) in [5, 5.41) is 15.7. The van der Waals surface area contributed by atoms with Gasteiger partial charge in [0.1, 0.15) is 0 Å². The second-order valence-corrected chi connectivity index (χ2v) is 8.52. The summed E-state index contributed by atoms with van der Waals surface area (Å²) in [4.78, 5) is 15.9. The lowest BCUT2D eigenvalue weighted by atomic mass is 9.71. The van der Waals surface area contributed by atoms with E-state index in [-0.39, 0.29) is 11.3 Å².